The summed E-state index contributed by atoms with van der Waals surface area (Å²) in [6.45, 7) is 7.71. The Morgan fingerprint density at radius 1 is 1.11 bits per heavy atom. The van der Waals surface area contributed by atoms with Crippen molar-refractivity contribution in [2.75, 3.05) is 5.32 Å². The van der Waals surface area contributed by atoms with Gasteiger partial charge >= 0.3 is 0 Å². The first-order valence-electron chi connectivity index (χ1n) is 9.28. The summed E-state index contributed by atoms with van der Waals surface area (Å²) in [5.41, 5.74) is 2.47. The van der Waals surface area contributed by atoms with Crippen LogP contribution in [-0.2, 0) is 6.42 Å². The van der Waals surface area contributed by atoms with Gasteiger partial charge in [0.2, 0.25) is 0 Å². The molecule has 2 aromatic carbocycles. The molecule has 0 saturated heterocycles. The minimum atomic E-state index is -0.446. The molecule has 0 bridgehead atoms. The number of anilines is 2. The maximum Gasteiger partial charge on any atom is 0.263 e. The van der Waals surface area contributed by atoms with Crippen LogP contribution in [0.2, 0.25) is 0 Å². The molecule has 0 atom stereocenters. The fraction of sp³-hybridized carbons (Fsp3) is 0.273. The van der Waals surface area contributed by atoms with Crippen LogP contribution in [0.25, 0.3) is 0 Å². The third-order valence-corrected chi connectivity index (χ3v) is 3.95. The second-order valence-electron chi connectivity index (χ2n) is 6.72. The van der Waals surface area contributed by atoms with Crippen LogP contribution in [0.15, 0.2) is 48.7 Å². The second kappa shape index (κ2) is 8.69. The van der Waals surface area contributed by atoms with Gasteiger partial charge in [0.15, 0.2) is 17.4 Å². The van der Waals surface area contributed by atoms with Crippen molar-refractivity contribution in [3.63, 3.8) is 0 Å². The molecule has 1 N–H and O–H groups in total. The summed E-state index contributed by atoms with van der Waals surface area (Å²) >= 11 is 0. The van der Waals surface area contributed by atoms with E-state index in [0.29, 0.717) is 23.1 Å². The van der Waals surface area contributed by atoms with E-state index in [1.54, 1.807) is 18.3 Å². The number of halogens is 1. The molecule has 28 heavy (non-hydrogen) atoms. The zero-order valence-corrected chi connectivity index (χ0v) is 16.5. The quantitative estimate of drug-likeness (QED) is 0.560. The Kier molecular flexibility index (Phi) is 6.09. The Morgan fingerprint density at radius 3 is 2.50 bits per heavy atom. The lowest BCUT2D eigenvalue weighted by Crippen LogP contribution is -2.07. The maximum atomic E-state index is 14.3. The first-order chi connectivity index (χ1) is 13.4. The molecule has 0 radical (unpaired) electrons. The van der Waals surface area contributed by atoms with Crippen LogP contribution in [0.1, 0.15) is 32.0 Å². The van der Waals surface area contributed by atoms with E-state index in [1.807, 2.05) is 52.0 Å². The van der Waals surface area contributed by atoms with Gasteiger partial charge in [0.25, 0.3) is 5.88 Å². The Balaban J connectivity index is 1.86. The number of benzene rings is 2. The highest BCUT2D eigenvalue weighted by atomic mass is 19.1. The molecular formula is C22H24FN3O2. The molecule has 0 spiro atoms. The molecule has 0 aliphatic rings. The zero-order valence-electron chi connectivity index (χ0n) is 16.5. The van der Waals surface area contributed by atoms with Crippen LogP contribution < -0.4 is 14.8 Å². The lowest BCUT2D eigenvalue weighted by atomic mass is 10.2. The molecule has 0 unspecified atom stereocenters. The summed E-state index contributed by atoms with van der Waals surface area (Å²) in [4.78, 5) is 8.93. The predicted octanol–water partition coefficient (Wildman–Crippen LogP) is 5.81. The largest absolute Gasteiger partial charge is 0.488 e. The molecule has 5 nitrogen and oxygen atoms in total. The topological polar surface area (TPSA) is 56.3 Å². The molecular weight excluding hydrogens is 357 g/mol. The molecule has 146 valence electrons. The van der Waals surface area contributed by atoms with E-state index in [-0.39, 0.29) is 11.9 Å². The van der Waals surface area contributed by atoms with Crippen LogP contribution in [0, 0.1) is 12.7 Å². The summed E-state index contributed by atoms with van der Waals surface area (Å²) in [6.07, 6.45) is 2.31. The maximum absolute atomic E-state index is 14.3. The van der Waals surface area contributed by atoms with Crippen molar-refractivity contribution in [2.45, 2.75) is 40.2 Å². The average Bonchev–Trinajstić information content (AvgIpc) is 2.67. The first kappa shape index (κ1) is 19.6. The number of nitrogens with one attached hydrogen (secondary N) is 1. The second-order valence-corrected chi connectivity index (χ2v) is 6.72. The highest BCUT2D eigenvalue weighted by Gasteiger charge is 2.13. The first-order valence-corrected chi connectivity index (χ1v) is 9.28. The van der Waals surface area contributed by atoms with Gasteiger partial charge in [-0.15, -0.1) is 0 Å². The van der Waals surface area contributed by atoms with Gasteiger partial charge in [-0.2, -0.15) is 0 Å². The van der Waals surface area contributed by atoms with Gasteiger partial charge < -0.3 is 14.8 Å². The van der Waals surface area contributed by atoms with E-state index in [4.69, 9.17) is 9.47 Å². The van der Waals surface area contributed by atoms with Crippen molar-refractivity contribution in [1.29, 1.82) is 0 Å². The Labute approximate surface area is 164 Å². The predicted molar refractivity (Wildman–Crippen MR) is 108 cm³/mol. The molecule has 1 heterocycles. The van der Waals surface area contributed by atoms with Gasteiger partial charge in [-0.3, -0.25) is 0 Å². The highest BCUT2D eigenvalue weighted by molar-refractivity contribution is 5.61. The smallest absolute Gasteiger partial charge is 0.263 e. The van der Waals surface area contributed by atoms with Crippen molar-refractivity contribution in [2.24, 2.45) is 0 Å². The Morgan fingerprint density at radius 2 is 1.86 bits per heavy atom. The molecule has 0 amide bonds. The van der Waals surface area contributed by atoms with Crippen LogP contribution in [0.4, 0.5) is 15.9 Å². The van der Waals surface area contributed by atoms with Gasteiger partial charge in [-0.1, -0.05) is 24.6 Å². The third-order valence-electron chi connectivity index (χ3n) is 3.95. The van der Waals surface area contributed by atoms with Gasteiger partial charge in [0.1, 0.15) is 5.75 Å². The average molecular weight is 381 g/mol. The van der Waals surface area contributed by atoms with E-state index in [2.05, 4.69) is 15.3 Å². The molecule has 0 fully saturated rings. The molecule has 0 aliphatic heterocycles. The zero-order chi connectivity index (χ0) is 20.1. The lowest BCUT2D eigenvalue weighted by Gasteiger charge is -2.14. The summed E-state index contributed by atoms with van der Waals surface area (Å²) in [7, 11) is 0. The van der Waals surface area contributed by atoms with Crippen molar-refractivity contribution in [1.82, 2.24) is 9.97 Å². The van der Waals surface area contributed by atoms with E-state index in [0.717, 1.165) is 17.7 Å². The number of nitrogens with zero attached hydrogens (tertiary/aromatic N) is 2. The minimum absolute atomic E-state index is 0.102. The van der Waals surface area contributed by atoms with Crippen LogP contribution in [0.5, 0.6) is 17.4 Å². The summed E-state index contributed by atoms with van der Waals surface area (Å²) in [5, 5.41) is 3.08. The SMILES string of the molecule is CCc1cnc(Nc2ccc(OC(C)C)c(F)c2)c(Oc2ccc(C)cc2)n1. The molecule has 3 rings (SSSR count). The van der Waals surface area contributed by atoms with Crippen LogP contribution >= 0.6 is 0 Å². The molecule has 3 aromatic rings. The van der Waals surface area contributed by atoms with E-state index >= 15 is 0 Å². The standard InChI is InChI=1S/C22H24FN3O2/c1-5-16-13-24-21(22(26-16)28-18-9-6-15(4)7-10-18)25-17-8-11-20(19(23)12-17)27-14(2)3/h6-14H,5H2,1-4H3,(H,24,25). The number of hydrogen-bond donors (Lipinski definition) is 1. The third kappa shape index (κ3) is 4.97. The molecule has 0 aliphatic carbocycles. The van der Waals surface area contributed by atoms with Gasteiger partial charge in [-0.25, -0.2) is 14.4 Å². The minimum Gasteiger partial charge on any atom is -0.488 e. The van der Waals surface area contributed by atoms with E-state index in [9.17, 15) is 4.39 Å². The van der Waals surface area contributed by atoms with Crippen LogP contribution in [0.3, 0.4) is 0 Å². The number of ether oxygens (including phenoxy) is 2. The van der Waals surface area contributed by atoms with Gasteiger partial charge in [0.05, 0.1) is 18.0 Å². The van der Waals surface area contributed by atoms with Crippen LogP contribution in [-0.4, -0.2) is 16.1 Å². The van der Waals surface area contributed by atoms with Crippen molar-refractivity contribution < 1.29 is 13.9 Å². The summed E-state index contributed by atoms with van der Waals surface area (Å²) in [6, 6.07) is 12.3. The van der Waals surface area contributed by atoms with Crippen molar-refractivity contribution in [3.05, 3.63) is 65.7 Å². The summed E-state index contributed by atoms with van der Waals surface area (Å²) in [5.74, 6) is 1.17. The Hall–Kier alpha value is -3.15. The van der Waals surface area contributed by atoms with E-state index < -0.39 is 5.82 Å². The van der Waals surface area contributed by atoms with Gasteiger partial charge in [-0.05, 0) is 51.5 Å². The normalized spacial score (nSPS) is 10.8. The van der Waals surface area contributed by atoms with Gasteiger partial charge in [0, 0.05) is 11.8 Å². The Bertz CT molecular complexity index is 943. The fourth-order valence-electron chi connectivity index (χ4n) is 2.52. The number of hydrogen-bond acceptors (Lipinski definition) is 5. The molecule has 0 saturated carbocycles. The van der Waals surface area contributed by atoms with E-state index in [1.165, 1.54) is 6.07 Å². The summed E-state index contributed by atoms with van der Waals surface area (Å²) < 4.78 is 25.7. The highest BCUT2D eigenvalue weighted by Crippen LogP contribution is 2.30. The number of aromatic nitrogens is 2. The van der Waals surface area contributed by atoms with Crippen molar-refractivity contribution >= 4 is 11.5 Å². The molecule has 6 heteroatoms. The number of aryl methyl sites for hydroxylation is 2. The number of rotatable bonds is 7. The molecule has 1 aromatic heterocycles. The monoisotopic (exact) mass is 381 g/mol. The van der Waals surface area contributed by atoms with Crippen molar-refractivity contribution in [3.8, 4) is 17.4 Å². The lowest BCUT2D eigenvalue weighted by molar-refractivity contribution is 0.231. The fourth-order valence-corrected chi connectivity index (χ4v) is 2.52.